The van der Waals surface area contributed by atoms with Crippen molar-refractivity contribution in [3.05, 3.63) is 54.1 Å². The molecule has 4 heteroatoms. The summed E-state index contributed by atoms with van der Waals surface area (Å²) in [6, 6.07) is 15.0. The molecule has 0 bridgehead atoms. The van der Waals surface area contributed by atoms with Crippen LogP contribution in [-0.4, -0.2) is 16.7 Å². The van der Waals surface area contributed by atoms with Crippen LogP contribution in [0.3, 0.4) is 0 Å². The van der Waals surface area contributed by atoms with Gasteiger partial charge in [-0.25, -0.2) is 0 Å². The minimum absolute atomic E-state index is 0.0452. The van der Waals surface area contributed by atoms with Crippen LogP contribution in [0.2, 0.25) is 0 Å². The molecule has 0 fully saturated rings. The molecule has 0 aliphatic rings. The van der Waals surface area contributed by atoms with Crippen LogP contribution in [-0.2, 0) is 0 Å². The summed E-state index contributed by atoms with van der Waals surface area (Å²) in [5.41, 5.74) is 0.0862. The summed E-state index contributed by atoms with van der Waals surface area (Å²) in [6.07, 6.45) is 0. The molecule has 0 N–H and O–H groups in total. The van der Waals surface area contributed by atoms with Crippen LogP contribution in [0, 0.1) is 0 Å². The first-order valence-corrected chi connectivity index (χ1v) is 9.26. The molecule has 0 aliphatic heterocycles. The van der Waals surface area contributed by atoms with Gasteiger partial charge in [-0.2, -0.15) is 0 Å². The second kappa shape index (κ2) is 7.59. The van der Waals surface area contributed by atoms with Gasteiger partial charge in [0.1, 0.15) is 22.7 Å². The molecule has 0 radical (unpaired) electrons. The molecule has 2 aromatic carbocycles. The Balaban J connectivity index is 2.42. The maximum Gasteiger partial charge on any atom is 0.135 e. The molecule has 0 heterocycles. The summed E-state index contributed by atoms with van der Waals surface area (Å²) in [6.45, 7) is 12.0. The van der Waals surface area contributed by atoms with Crippen molar-refractivity contribution in [2.45, 2.75) is 52.7 Å². The molecule has 0 saturated heterocycles. The van der Waals surface area contributed by atoms with Crippen molar-refractivity contribution in [2.24, 2.45) is 0 Å². The standard InChI is InChI=1S/C21H27O3P/c1-20(2,3)23-16-12-13-18(17(14-16)24-21(4,5)6)25-19(22)15-10-8-7-9-11-15/h7-14,22H,1-6H3/p-1. The Bertz CT molecular complexity index is 738. The fourth-order valence-corrected chi connectivity index (χ4v) is 3.04. The Labute approximate surface area is 152 Å². The lowest BCUT2D eigenvalue weighted by Crippen LogP contribution is -2.26. The highest BCUT2D eigenvalue weighted by Crippen LogP contribution is 2.27. The maximum absolute atomic E-state index is 12.5. The molecule has 0 saturated carbocycles. The van der Waals surface area contributed by atoms with Crippen molar-refractivity contribution >= 4 is 19.0 Å². The van der Waals surface area contributed by atoms with E-state index in [0.29, 0.717) is 19.5 Å². The lowest BCUT2D eigenvalue weighted by Gasteiger charge is -2.25. The van der Waals surface area contributed by atoms with Gasteiger partial charge in [-0.1, -0.05) is 38.5 Å². The molecule has 0 spiro atoms. The van der Waals surface area contributed by atoms with Crippen molar-refractivity contribution in [1.29, 1.82) is 0 Å². The Kier molecular flexibility index (Phi) is 5.92. The summed E-state index contributed by atoms with van der Waals surface area (Å²) in [5.74, 6) is 1.41. The summed E-state index contributed by atoms with van der Waals surface area (Å²) in [7, 11) is 0.588. The Morgan fingerprint density at radius 2 is 1.44 bits per heavy atom. The van der Waals surface area contributed by atoms with Gasteiger partial charge in [0.15, 0.2) is 0 Å². The topological polar surface area (TPSA) is 41.5 Å². The van der Waals surface area contributed by atoms with Gasteiger partial charge in [-0.15, -0.1) is 5.48 Å². The first-order valence-electron chi connectivity index (χ1n) is 8.37. The van der Waals surface area contributed by atoms with Crippen LogP contribution in [0.4, 0.5) is 0 Å². The molecular weight excluding hydrogens is 331 g/mol. The molecule has 0 atom stereocenters. The van der Waals surface area contributed by atoms with E-state index >= 15 is 0 Å². The van der Waals surface area contributed by atoms with Crippen LogP contribution in [0.15, 0.2) is 48.5 Å². The van der Waals surface area contributed by atoms with Gasteiger partial charge in [0.2, 0.25) is 0 Å². The van der Waals surface area contributed by atoms with Crippen molar-refractivity contribution in [1.82, 2.24) is 0 Å². The lowest BCUT2D eigenvalue weighted by atomic mass is 10.2. The zero-order valence-corrected chi connectivity index (χ0v) is 16.7. The number of hydrogen-bond acceptors (Lipinski definition) is 3. The Morgan fingerprint density at radius 3 is 2.00 bits per heavy atom. The van der Waals surface area contributed by atoms with E-state index in [9.17, 15) is 5.11 Å². The molecule has 2 aromatic rings. The SMILES string of the molecule is CC(C)(C)Oc1ccc(P=C([O-])c2ccccc2)c(OC(C)(C)C)c1. The van der Waals surface area contributed by atoms with Crippen LogP contribution in [0.1, 0.15) is 47.1 Å². The zero-order chi connectivity index (χ0) is 18.7. The highest BCUT2D eigenvalue weighted by molar-refractivity contribution is 7.49. The molecule has 0 aromatic heterocycles. The van der Waals surface area contributed by atoms with Crippen LogP contribution >= 0.6 is 8.20 Å². The van der Waals surface area contributed by atoms with Gasteiger partial charge in [-0.05, 0) is 59.2 Å². The zero-order valence-electron chi connectivity index (χ0n) is 15.8. The predicted molar refractivity (Wildman–Crippen MR) is 104 cm³/mol. The number of rotatable bonds is 4. The third-order valence-corrected chi connectivity index (χ3v) is 4.09. The van der Waals surface area contributed by atoms with Crippen LogP contribution in [0.25, 0.3) is 0 Å². The highest BCUT2D eigenvalue weighted by Gasteiger charge is 2.17. The average Bonchev–Trinajstić information content (AvgIpc) is 2.47. The van der Waals surface area contributed by atoms with Gasteiger partial charge in [0.25, 0.3) is 0 Å². The summed E-state index contributed by atoms with van der Waals surface area (Å²) >= 11 is 0. The fourth-order valence-electron chi connectivity index (χ4n) is 2.17. The van der Waals surface area contributed by atoms with Crippen molar-refractivity contribution < 1.29 is 14.6 Å². The third-order valence-electron chi connectivity index (χ3n) is 3.01. The third kappa shape index (κ3) is 6.53. The Morgan fingerprint density at radius 1 is 0.840 bits per heavy atom. The van der Waals surface area contributed by atoms with Gasteiger partial charge in [-0.3, -0.25) is 0 Å². The van der Waals surface area contributed by atoms with E-state index < -0.39 is 0 Å². The molecule has 0 amide bonds. The minimum atomic E-state index is -0.361. The summed E-state index contributed by atoms with van der Waals surface area (Å²) in [4.78, 5) is 0. The lowest BCUT2D eigenvalue weighted by molar-refractivity contribution is -0.207. The quantitative estimate of drug-likeness (QED) is 0.772. The van der Waals surface area contributed by atoms with Crippen LogP contribution < -0.4 is 19.9 Å². The largest absolute Gasteiger partial charge is 0.823 e. The number of hydrogen-bond donors (Lipinski definition) is 0. The predicted octanol–water partition coefficient (Wildman–Crippen LogP) is 4.15. The second-order valence-corrected chi connectivity index (χ2v) is 8.95. The van der Waals surface area contributed by atoms with E-state index in [0.717, 1.165) is 11.1 Å². The van der Waals surface area contributed by atoms with Crippen molar-refractivity contribution in [2.75, 3.05) is 0 Å². The van der Waals surface area contributed by atoms with E-state index in [4.69, 9.17) is 9.47 Å². The van der Waals surface area contributed by atoms with Gasteiger partial charge < -0.3 is 14.6 Å². The van der Waals surface area contributed by atoms with Crippen molar-refractivity contribution in [3.8, 4) is 11.5 Å². The Hall–Kier alpha value is -1.83. The fraction of sp³-hybridized carbons (Fsp3) is 0.381. The van der Waals surface area contributed by atoms with Gasteiger partial charge >= 0.3 is 0 Å². The minimum Gasteiger partial charge on any atom is -0.823 e. The molecule has 2 rings (SSSR count). The monoisotopic (exact) mass is 357 g/mol. The number of benzene rings is 2. The molecule has 25 heavy (non-hydrogen) atoms. The highest BCUT2D eigenvalue weighted by atomic mass is 31.1. The molecular formula is C21H26O3P-. The van der Waals surface area contributed by atoms with E-state index in [2.05, 4.69) is 0 Å². The summed E-state index contributed by atoms with van der Waals surface area (Å²) < 4.78 is 12.0. The van der Waals surface area contributed by atoms with E-state index in [-0.39, 0.29) is 16.7 Å². The molecule has 0 unspecified atom stereocenters. The average molecular weight is 357 g/mol. The molecule has 3 nitrogen and oxygen atoms in total. The molecule has 134 valence electrons. The summed E-state index contributed by atoms with van der Waals surface area (Å²) in [5, 5.41) is 13.4. The van der Waals surface area contributed by atoms with Gasteiger partial charge in [0.05, 0.1) is 0 Å². The first-order chi connectivity index (χ1) is 11.5. The second-order valence-electron chi connectivity index (χ2n) is 7.84. The normalized spacial score (nSPS) is 12.8. The number of ether oxygens (including phenoxy) is 2. The van der Waals surface area contributed by atoms with Crippen molar-refractivity contribution in [3.63, 3.8) is 0 Å². The molecule has 0 aliphatic carbocycles. The van der Waals surface area contributed by atoms with E-state index in [1.807, 2.05) is 90.1 Å². The first kappa shape index (κ1) is 19.5. The maximum atomic E-state index is 12.5. The van der Waals surface area contributed by atoms with Crippen LogP contribution in [0.5, 0.6) is 11.5 Å². The van der Waals surface area contributed by atoms with E-state index in [1.165, 1.54) is 0 Å². The van der Waals surface area contributed by atoms with Gasteiger partial charge in [0, 0.05) is 11.4 Å². The van der Waals surface area contributed by atoms with E-state index in [1.54, 1.807) is 0 Å². The smallest absolute Gasteiger partial charge is 0.135 e.